The molecule has 152 valence electrons. The molecule has 2 aromatic heterocycles. The van der Waals surface area contributed by atoms with Crippen molar-refractivity contribution in [2.24, 2.45) is 0 Å². The van der Waals surface area contributed by atoms with E-state index in [1.807, 2.05) is 24.3 Å². The lowest BCUT2D eigenvalue weighted by Gasteiger charge is -2.33. The number of thiazole rings is 1. The largest absolute Gasteiger partial charge is 0.373 e. The maximum Gasteiger partial charge on any atom is 0.283 e. The highest BCUT2D eigenvalue weighted by atomic mass is 32.1. The molecule has 0 aliphatic carbocycles. The zero-order valence-corrected chi connectivity index (χ0v) is 16.6. The molecule has 0 bridgehead atoms. The van der Waals surface area contributed by atoms with Gasteiger partial charge >= 0.3 is 0 Å². The van der Waals surface area contributed by atoms with Crippen molar-refractivity contribution in [3.05, 3.63) is 74.7 Å². The van der Waals surface area contributed by atoms with Crippen molar-refractivity contribution in [2.45, 2.75) is 12.6 Å². The van der Waals surface area contributed by atoms with E-state index in [0.717, 1.165) is 22.3 Å². The van der Waals surface area contributed by atoms with Gasteiger partial charge in [-0.2, -0.15) is 0 Å². The number of rotatable bonds is 2. The number of fused-ring (bicyclic) bond motifs is 4. The maximum absolute atomic E-state index is 14.0. The number of carbonyl (C=O) groups excluding carboxylic acids is 1. The summed E-state index contributed by atoms with van der Waals surface area (Å²) in [6.07, 6.45) is 0. The van der Waals surface area contributed by atoms with Crippen molar-refractivity contribution >= 4 is 38.2 Å². The number of aromatic amines is 1. The molecule has 30 heavy (non-hydrogen) atoms. The molecule has 0 spiro atoms. The smallest absolute Gasteiger partial charge is 0.283 e. The second kappa shape index (κ2) is 6.96. The minimum atomic E-state index is -1.10. The lowest BCUT2D eigenvalue weighted by atomic mass is 9.95. The number of pyridine rings is 1. The Bertz CT molecular complexity index is 1350. The topological polar surface area (TPSA) is 75.3 Å². The molecule has 2 aromatic carbocycles. The van der Waals surface area contributed by atoms with Crippen LogP contribution in [0.2, 0.25) is 0 Å². The molecule has 0 saturated heterocycles. The van der Waals surface area contributed by atoms with E-state index >= 15 is 0 Å². The van der Waals surface area contributed by atoms with Crippen LogP contribution < -0.4 is 5.56 Å². The molecular weight excluding hydrogens is 412 g/mol. The molecule has 0 radical (unpaired) electrons. The molecule has 0 saturated carbocycles. The van der Waals surface area contributed by atoms with Gasteiger partial charge in [0.25, 0.3) is 11.5 Å². The molecule has 0 unspecified atom stereocenters. The number of nitrogens with one attached hydrogen (secondary N) is 1. The fraction of sp³-hybridized carbons (Fsp3) is 0.190. The van der Waals surface area contributed by atoms with E-state index in [9.17, 15) is 18.4 Å². The fourth-order valence-electron chi connectivity index (χ4n) is 3.80. The van der Waals surface area contributed by atoms with Crippen LogP contribution in [-0.4, -0.2) is 34.4 Å². The number of likely N-dealkylation sites (N-methyl/N-ethyl adjacent to an activating group) is 1. The first-order valence-corrected chi connectivity index (χ1v) is 10.00. The van der Waals surface area contributed by atoms with Gasteiger partial charge < -0.3 is 14.6 Å². The Balaban J connectivity index is 1.63. The number of halogens is 2. The molecule has 4 aromatic rings. The minimum absolute atomic E-state index is 0.0281. The van der Waals surface area contributed by atoms with Crippen molar-refractivity contribution in [3.63, 3.8) is 0 Å². The Hall–Kier alpha value is -3.17. The standard InChI is InChI=1S/C21H15F2N3O3S/c1-26(21(28)20-25-14-4-2-3-5-17(14)30-20)16-9-29-8-15-18(16)10-6-12(22)13(23)7-11(10)19(27)24-15/h2-7,16H,8-9H2,1H3,(H,24,27)/t16-/m0/s1. The van der Waals surface area contributed by atoms with Crippen LogP contribution in [0.3, 0.4) is 0 Å². The molecule has 0 fully saturated rings. The highest BCUT2D eigenvalue weighted by molar-refractivity contribution is 7.20. The number of hydrogen-bond donors (Lipinski definition) is 1. The summed E-state index contributed by atoms with van der Waals surface area (Å²) in [7, 11) is 1.61. The van der Waals surface area contributed by atoms with Gasteiger partial charge in [0.15, 0.2) is 16.6 Å². The number of para-hydroxylation sites is 1. The number of carbonyl (C=O) groups is 1. The van der Waals surface area contributed by atoms with E-state index in [-0.39, 0.29) is 29.9 Å². The van der Waals surface area contributed by atoms with Gasteiger partial charge in [-0.15, -0.1) is 11.3 Å². The first kappa shape index (κ1) is 18.8. The van der Waals surface area contributed by atoms with E-state index in [4.69, 9.17) is 4.74 Å². The molecule has 1 atom stereocenters. The average molecular weight is 427 g/mol. The summed E-state index contributed by atoms with van der Waals surface area (Å²) in [5, 5.41) is 0.613. The van der Waals surface area contributed by atoms with E-state index in [1.54, 1.807) is 7.05 Å². The highest BCUT2D eigenvalue weighted by Crippen LogP contribution is 2.35. The first-order chi connectivity index (χ1) is 14.4. The van der Waals surface area contributed by atoms with Crippen molar-refractivity contribution < 1.29 is 18.3 Å². The number of aromatic nitrogens is 2. The summed E-state index contributed by atoms with van der Waals surface area (Å²) < 4.78 is 34.2. The van der Waals surface area contributed by atoms with Gasteiger partial charge in [0.05, 0.1) is 34.9 Å². The van der Waals surface area contributed by atoms with Gasteiger partial charge in [-0.05, 0) is 29.7 Å². The van der Waals surface area contributed by atoms with Crippen LogP contribution in [-0.2, 0) is 11.3 Å². The van der Waals surface area contributed by atoms with Gasteiger partial charge in [0.2, 0.25) is 0 Å². The Kier molecular flexibility index (Phi) is 4.37. The molecule has 1 aliphatic heterocycles. The molecule has 1 amide bonds. The van der Waals surface area contributed by atoms with Gasteiger partial charge in [-0.1, -0.05) is 12.1 Å². The van der Waals surface area contributed by atoms with Crippen molar-refractivity contribution in [1.82, 2.24) is 14.9 Å². The van der Waals surface area contributed by atoms with Crippen LogP contribution in [0.15, 0.2) is 41.2 Å². The molecule has 3 heterocycles. The quantitative estimate of drug-likeness (QED) is 0.529. The predicted octanol–water partition coefficient (Wildman–Crippen LogP) is 3.76. The van der Waals surface area contributed by atoms with Crippen molar-refractivity contribution in [2.75, 3.05) is 13.7 Å². The lowest BCUT2D eigenvalue weighted by molar-refractivity contribution is 0.0335. The number of hydrogen-bond acceptors (Lipinski definition) is 5. The molecule has 1 aliphatic rings. The molecule has 9 heteroatoms. The molecular formula is C21H15F2N3O3S. The summed E-state index contributed by atoms with van der Waals surface area (Å²) in [6, 6.07) is 8.73. The van der Waals surface area contributed by atoms with Crippen LogP contribution in [0.4, 0.5) is 8.78 Å². The van der Waals surface area contributed by atoms with Crippen LogP contribution in [0.25, 0.3) is 21.0 Å². The first-order valence-electron chi connectivity index (χ1n) is 9.18. The Morgan fingerprint density at radius 2 is 1.97 bits per heavy atom. The zero-order valence-electron chi connectivity index (χ0n) is 15.7. The van der Waals surface area contributed by atoms with Crippen LogP contribution >= 0.6 is 11.3 Å². The lowest BCUT2D eigenvalue weighted by Crippen LogP contribution is -2.37. The van der Waals surface area contributed by atoms with E-state index in [1.165, 1.54) is 16.2 Å². The highest BCUT2D eigenvalue weighted by Gasteiger charge is 2.32. The van der Waals surface area contributed by atoms with E-state index in [0.29, 0.717) is 16.3 Å². The summed E-state index contributed by atoms with van der Waals surface area (Å²) in [4.78, 5) is 34.1. The van der Waals surface area contributed by atoms with Gasteiger partial charge in [-0.25, -0.2) is 13.8 Å². The number of amides is 1. The Morgan fingerprint density at radius 3 is 2.73 bits per heavy atom. The van der Waals surface area contributed by atoms with E-state index in [2.05, 4.69) is 9.97 Å². The summed E-state index contributed by atoms with van der Waals surface area (Å²) in [5.74, 6) is -2.48. The Morgan fingerprint density at radius 1 is 1.23 bits per heavy atom. The van der Waals surface area contributed by atoms with Crippen LogP contribution in [0.1, 0.15) is 27.1 Å². The van der Waals surface area contributed by atoms with Crippen molar-refractivity contribution in [1.29, 1.82) is 0 Å². The van der Waals surface area contributed by atoms with Crippen LogP contribution in [0, 0.1) is 11.6 Å². The fourth-order valence-corrected chi connectivity index (χ4v) is 4.75. The van der Waals surface area contributed by atoms with Crippen LogP contribution in [0.5, 0.6) is 0 Å². The Labute approximate surface area is 172 Å². The molecule has 5 rings (SSSR count). The molecule has 1 N–H and O–H groups in total. The molecule has 6 nitrogen and oxygen atoms in total. The maximum atomic E-state index is 14.0. The number of H-pyrrole nitrogens is 1. The third-order valence-electron chi connectivity index (χ3n) is 5.30. The predicted molar refractivity (Wildman–Crippen MR) is 109 cm³/mol. The summed E-state index contributed by atoms with van der Waals surface area (Å²) in [5.41, 5.74) is 1.18. The average Bonchev–Trinajstić information content (AvgIpc) is 3.18. The minimum Gasteiger partial charge on any atom is -0.373 e. The summed E-state index contributed by atoms with van der Waals surface area (Å²) >= 11 is 1.28. The van der Waals surface area contributed by atoms with Gasteiger partial charge in [0.1, 0.15) is 0 Å². The third kappa shape index (κ3) is 2.89. The second-order valence-corrected chi connectivity index (χ2v) is 8.12. The number of benzene rings is 2. The number of nitrogens with zero attached hydrogens (tertiary/aromatic N) is 2. The second-order valence-electron chi connectivity index (χ2n) is 7.09. The van der Waals surface area contributed by atoms with E-state index < -0.39 is 23.2 Å². The summed E-state index contributed by atoms with van der Waals surface area (Å²) in [6.45, 7) is 0.263. The van der Waals surface area contributed by atoms with Gasteiger partial charge in [-0.3, -0.25) is 9.59 Å². The zero-order chi connectivity index (χ0) is 21.0. The monoisotopic (exact) mass is 427 g/mol. The SMILES string of the molecule is CN(C(=O)c1nc2ccccc2s1)[C@H]1COCc2[nH]c(=O)c3cc(F)c(F)cc3c21. The number of ether oxygens (including phenoxy) is 1. The van der Waals surface area contributed by atoms with Gasteiger partial charge in [0, 0.05) is 18.3 Å². The van der Waals surface area contributed by atoms with Crippen molar-refractivity contribution in [3.8, 4) is 0 Å². The normalized spacial score (nSPS) is 16.0. The third-order valence-corrected chi connectivity index (χ3v) is 6.33.